The molecule has 0 fully saturated rings. The quantitative estimate of drug-likeness (QED) is 0.181. The number of hydrogen-bond acceptors (Lipinski definition) is 1. The fourth-order valence-corrected chi connectivity index (χ4v) is 8.56. The topological polar surface area (TPSA) is 3.24 Å². The van der Waals surface area contributed by atoms with E-state index in [1.165, 1.54) is 77.5 Å². The zero-order valence-corrected chi connectivity index (χ0v) is 28.2. The number of fused-ring (bicyclic) bond motifs is 6. The van der Waals surface area contributed by atoms with Crippen LogP contribution in [0.15, 0.2) is 176 Å². The van der Waals surface area contributed by atoms with Crippen LogP contribution >= 0.6 is 0 Å². The van der Waals surface area contributed by atoms with Gasteiger partial charge in [0.25, 0.3) is 0 Å². The van der Waals surface area contributed by atoms with E-state index in [4.69, 9.17) is 0 Å². The van der Waals surface area contributed by atoms with Crippen LogP contribution in [0.25, 0.3) is 66.4 Å². The minimum atomic E-state index is -0.0793. The summed E-state index contributed by atoms with van der Waals surface area (Å²) >= 11 is 0. The molecule has 0 aliphatic heterocycles. The minimum absolute atomic E-state index is 0.0793. The second-order valence-corrected chi connectivity index (χ2v) is 14.1. The summed E-state index contributed by atoms with van der Waals surface area (Å²) in [7, 11) is 0. The van der Waals surface area contributed by atoms with Gasteiger partial charge < -0.3 is 4.90 Å². The van der Waals surface area contributed by atoms with Crippen LogP contribution in [0.5, 0.6) is 0 Å². The summed E-state index contributed by atoms with van der Waals surface area (Å²) in [6, 6.07) is 64.8. The van der Waals surface area contributed by atoms with Gasteiger partial charge in [-0.15, -0.1) is 0 Å². The maximum atomic E-state index is 2.41. The van der Waals surface area contributed by atoms with E-state index in [2.05, 4.69) is 195 Å². The van der Waals surface area contributed by atoms with E-state index in [-0.39, 0.29) is 5.41 Å². The molecule has 2 aliphatic rings. The fourth-order valence-electron chi connectivity index (χ4n) is 8.56. The highest BCUT2D eigenvalue weighted by Gasteiger charge is 2.35. The van der Waals surface area contributed by atoms with Crippen LogP contribution in [0.4, 0.5) is 17.1 Å². The van der Waals surface area contributed by atoms with Crippen molar-refractivity contribution in [1.82, 2.24) is 0 Å². The molecule has 0 saturated carbocycles. The zero-order valence-electron chi connectivity index (χ0n) is 28.2. The molecule has 0 spiro atoms. The van der Waals surface area contributed by atoms with Crippen molar-refractivity contribution in [1.29, 1.82) is 0 Å². The summed E-state index contributed by atoms with van der Waals surface area (Å²) in [6.07, 6.45) is 0. The van der Waals surface area contributed by atoms with Crippen molar-refractivity contribution in [3.63, 3.8) is 0 Å². The Morgan fingerprint density at radius 1 is 0.340 bits per heavy atom. The van der Waals surface area contributed by atoms with E-state index >= 15 is 0 Å². The second-order valence-electron chi connectivity index (χ2n) is 14.1. The zero-order chi connectivity index (χ0) is 33.4. The standard InChI is InChI=1S/C49H35N/c1-49(2)46-18-9-8-15-41(46)42-28-27-37(31-47(42)49)50(35-23-19-33(20-24-35)32-11-4-3-5-12-32)36-25-21-34(22-26-36)38-29-30-45-40-14-7-6-13-39(40)44-17-10-16-43(38)48(44)45/h3-31H,1-2H3. The molecule has 0 unspecified atom stereocenters. The Morgan fingerprint density at radius 3 is 1.56 bits per heavy atom. The van der Waals surface area contributed by atoms with Gasteiger partial charge >= 0.3 is 0 Å². The first-order valence-electron chi connectivity index (χ1n) is 17.5. The SMILES string of the molecule is CC1(C)c2ccccc2-c2ccc(N(c3ccc(-c4ccccc4)cc3)c3ccc(-c4ccc5c6c(cccc46)-c4ccccc4-5)cc3)cc21. The maximum Gasteiger partial charge on any atom is 0.0465 e. The number of hydrogen-bond donors (Lipinski definition) is 0. The minimum Gasteiger partial charge on any atom is -0.310 e. The van der Waals surface area contributed by atoms with E-state index in [1.807, 2.05) is 0 Å². The van der Waals surface area contributed by atoms with Crippen LogP contribution in [0.1, 0.15) is 25.0 Å². The van der Waals surface area contributed by atoms with Gasteiger partial charge in [0, 0.05) is 22.5 Å². The molecule has 8 aromatic carbocycles. The average molecular weight is 638 g/mol. The van der Waals surface area contributed by atoms with Crippen molar-refractivity contribution in [3.8, 4) is 55.6 Å². The molecule has 0 heterocycles. The molecule has 236 valence electrons. The van der Waals surface area contributed by atoms with E-state index < -0.39 is 0 Å². The largest absolute Gasteiger partial charge is 0.310 e. The monoisotopic (exact) mass is 637 g/mol. The van der Waals surface area contributed by atoms with Gasteiger partial charge in [-0.05, 0) is 114 Å². The number of benzene rings is 8. The van der Waals surface area contributed by atoms with Crippen LogP contribution in [0, 0.1) is 0 Å². The molecule has 1 heteroatoms. The normalized spacial score (nSPS) is 13.2. The summed E-state index contributed by atoms with van der Waals surface area (Å²) < 4.78 is 0. The Kier molecular flexibility index (Phi) is 6.29. The Bertz CT molecular complexity index is 2560. The van der Waals surface area contributed by atoms with Gasteiger partial charge in [-0.1, -0.05) is 153 Å². The van der Waals surface area contributed by atoms with Crippen molar-refractivity contribution in [2.24, 2.45) is 0 Å². The lowest BCUT2D eigenvalue weighted by atomic mass is 9.82. The molecule has 50 heavy (non-hydrogen) atoms. The van der Waals surface area contributed by atoms with Gasteiger partial charge in [0.05, 0.1) is 0 Å². The Hall–Kier alpha value is -6.18. The third-order valence-electron chi connectivity index (χ3n) is 11.0. The lowest BCUT2D eigenvalue weighted by molar-refractivity contribution is 0.660. The van der Waals surface area contributed by atoms with Crippen LogP contribution in [0.3, 0.4) is 0 Å². The van der Waals surface area contributed by atoms with E-state index in [9.17, 15) is 0 Å². The van der Waals surface area contributed by atoms with Crippen LogP contribution < -0.4 is 4.90 Å². The maximum absolute atomic E-state index is 2.41. The first kappa shape index (κ1) is 28.8. The molecular formula is C49H35N. The molecule has 0 N–H and O–H groups in total. The van der Waals surface area contributed by atoms with Crippen LogP contribution in [-0.4, -0.2) is 0 Å². The molecule has 0 atom stereocenters. The molecule has 2 aliphatic carbocycles. The molecule has 0 aromatic heterocycles. The first-order chi connectivity index (χ1) is 24.6. The summed E-state index contributed by atoms with van der Waals surface area (Å²) in [6.45, 7) is 4.71. The molecule has 8 aromatic rings. The number of rotatable bonds is 5. The first-order valence-corrected chi connectivity index (χ1v) is 17.5. The number of nitrogens with zero attached hydrogens (tertiary/aromatic N) is 1. The smallest absolute Gasteiger partial charge is 0.0465 e. The highest BCUT2D eigenvalue weighted by atomic mass is 15.1. The van der Waals surface area contributed by atoms with Gasteiger partial charge in [0.2, 0.25) is 0 Å². The second kappa shape index (κ2) is 10.9. The van der Waals surface area contributed by atoms with Gasteiger partial charge in [0.15, 0.2) is 0 Å². The van der Waals surface area contributed by atoms with Gasteiger partial charge in [-0.25, -0.2) is 0 Å². The third kappa shape index (κ3) is 4.27. The van der Waals surface area contributed by atoms with Crippen molar-refractivity contribution in [3.05, 3.63) is 187 Å². The van der Waals surface area contributed by atoms with Gasteiger partial charge in [-0.2, -0.15) is 0 Å². The molecule has 10 rings (SSSR count). The molecule has 0 amide bonds. The van der Waals surface area contributed by atoms with Crippen molar-refractivity contribution < 1.29 is 0 Å². The Labute approximate surface area is 293 Å². The summed E-state index contributed by atoms with van der Waals surface area (Å²) in [4.78, 5) is 2.40. The summed E-state index contributed by atoms with van der Waals surface area (Å²) in [5.74, 6) is 0. The Morgan fingerprint density at radius 2 is 0.840 bits per heavy atom. The average Bonchev–Trinajstić information content (AvgIpc) is 3.62. The third-order valence-corrected chi connectivity index (χ3v) is 11.0. The molecule has 0 saturated heterocycles. The summed E-state index contributed by atoms with van der Waals surface area (Å²) in [5.41, 5.74) is 19.0. The lowest BCUT2D eigenvalue weighted by Crippen LogP contribution is -2.16. The number of anilines is 3. The predicted octanol–water partition coefficient (Wildman–Crippen LogP) is 13.6. The van der Waals surface area contributed by atoms with E-state index in [1.54, 1.807) is 0 Å². The van der Waals surface area contributed by atoms with Crippen LogP contribution in [-0.2, 0) is 5.41 Å². The Balaban J connectivity index is 1.09. The van der Waals surface area contributed by atoms with Crippen LogP contribution in [0.2, 0.25) is 0 Å². The van der Waals surface area contributed by atoms with Crippen molar-refractivity contribution in [2.45, 2.75) is 19.3 Å². The van der Waals surface area contributed by atoms with Gasteiger partial charge in [-0.3, -0.25) is 0 Å². The lowest BCUT2D eigenvalue weighted by Gasteiger charge is -2.28. The fraction of sp³-hybridized carbons (Fsp3) is 0.0612. The predicted molar refractivity (Wildman–Crippen MR) is 211 cm³/mol. The molecular weight excluding hydrogens is 603 g/mol. The van der Waals surface area contributed by atoms with Gasteiger partial charge in [0.1, 0.15) is 0 Å². The molecule has 0 radical (unpaired) electrons. The molecule has 0 bridgehead atoms. The van der Waals surface area contributed by atoms with E-state index in [0.29, 0.717) is 0 Å². The van der Waals surface area contributed by atoms with Crippen molar-refractivity contribution >= 4 is 27.8 Å². The molecule has 1 nitrogen and oxygen atoms in total. The highest BCUT2D eigenvalue weighted by Crippen LogP contribution is 2.52. The highest BCUT2D eigenvalue weighted by molar-refractivity contribution is 6.18. The summed E-state index contributed by atoms with van der Waals surface area (Å²) in [5, 5.41) is 2.66. The van der Waals surface area contributed by atoms with E-state index in [0.717, 1.165) is 17.1 Å². The van der Waals surface area contributed by atoms with Crippen molar-refractivity contribution in [2.75, 3.05) is 4.90 Å².